The van der Waals surface area contributed by atoms with E-state index >= 15 is 0 Å². The molecular formula is C25H28N4O3S. The van der Waals surface area contributed by atoms with Crippen molar-refractivity contribution in [2.75, 3.05) is 17.7 Å². The number of fused-ring (bicyclic) bond motifs is 1. The van der Waals surface area contributed by atoms with Crippen molar-refractivity contribution in [2.45, 2.75) is 45.0 Å². The van der Waals surface area contributed by atoms with Crippen LogP contribution in [-0.2, 0) is 16.1 Å². The van der Waals surface area contributed by atoms with Crippen LogP contribution in [0.15, 0.2) is 71.0 Å². The van der Waals surface area contributed by atoms with Gasteiger partial charge in [-0.1, -0.05) is 68.1 Å². The maximum Gasteiger partial charge on any atom is 0.338 e. The number of hydrogen-bond donors (Lipinski definition) is 1. The molecule has 3 aromatic rings. The summed E-state index contributed by atoms with van der Waals surface area (Å²) in [6.07, 6.45) is 0.915. The number of nitrogens with zero attached hydrogens (tertiary/aromatic N) is 3. The van der Waals surface area contributed by atoms with E-state index in [1.165, 1.54) is 0 Å². The Kier molecular flexibility index (Phi) is 7.34. The van der Waals surface area contributed by atoms with Gasteiger partial charge < -0.3 is 14.8 Å². The fourth-order valence-corrected chi connectivity index (χ4v) is 4.24. The molecule has 1 aliphatic heterocycles. The maximum atomic E-state index is 13.3. The van der Waals surface area contributed by atoms with Crippen molar-refractivity contribution in [3.05, 3.63) is 77.0 Å². The largest absolute Gasteiger partial charge is 0.494 e. The third kappa shape index (κ3) is 5.22. The predicted molar refractivity (Wildman–Crippen MR) is 129 cm³/mol. The SMILES string of the molecule is CCCOc1cccc(C2C(C(=O)OCc3ccccc3)=C(C)Nc3nc(SCC)nn32)c1. The molecule has 1 N–H and O–H groups in total. The Balaban J connectivity index is 1.70. The van der Waals surface area contributed by atoms with Gasteiger partial charge in [0.2, 0.25) is 11.1 Å². The van der Waals surface area contributed by atoms with E-state index in [-0.39, 0.29) is 12.6 Å². The second-order valence-corrected chi connectivity index (χ2v) is 8.88. The average Bonchev–Trinajstić information content (AvgIpc) is 3.23. The normalized spacial score (nSPS) is 15.1. The van der Waals surface area contributed by atoms with Gasteiger partial charge in [0.15, 0.2) is 0 Å². The minimum absolute atomic E-state index is 0.198. The molecule has 33 heavy (non-hydrogen) atoms. The van der Waals surface area contributed by atoms with E-state index in [9.17, 15) is 4.79 Å². The highest BCUT2D eigenvalue weighted by atomic mass is 32.2. The fraction of sp³-hybridized carbons (Fsp3) is 0.320. The van der Waals surface area contributed by atoms with Crippen molar-refractivity contribution < 1.29 is 14.3 Å². The summed E-state index contributed by atoms with van der Waals surface area (Å²) in [7, 11) is 0. The molecule has 1 aromatic heterocycles. The van der Waals surface area contributed by atoms with Crippen LogP contribution in [0.3, 0.4) is 0 Å². The van der Waals surface area contributed by atoms with Gasteiger partial charge in [-0.15, -0.1) is 5.10 Å². The Morgan fingerprint density at radius 1 is 1.15 bits per heavy atom. The van der Waals surface area contributed by atoms with Crippen molar-refractivity contribution in [2.24, 2.45) is 0 Å². The van der Waals surface area contributed by atoms with E-state index in [2.05, 4.69) is 24.1 Å². The van der Waals surface area contributed by atoms with Gasteiger partial charge in [0.1, 0.15) is 18.4 Å². The van der Waals surface area contributed by atoms with Gasteiger partial charge >= 0.3 is 5.97 Å². The molecule has 0 fully saturated rings. The first-order valence-corrected chi connectivity index (χ1v) is 12.1. The van der Waals surface area contributed by atoms with Crippen molar-refractivity contribution in [3.63, 3.8) is 0 Å². The zero-order valence-corrected chi connectivity index (χ0v) is 19.9. The molecule has 0 saturated carbocycles. The number of esters is 1. The third-order valence-electron chi connectivity index (χ3n) is 5.19. The molecule has 2 aromatic carbocycles. The number of benzene rings is 2. The summed E-state index contributed by atoms with van der Waals surface area (Å²) < 4.78 is 13.3. The molecule has 0 radical (unpaired) electrons. The highest BCUT2D eigenvalue weighted by Gasteiger charge is 2.35. The van der Waals surface area contributed by atoms with Crippen molar-refractivity contribution in [1.82, 2.24) is 14.8 Å². The minimum Gasteiger partial charge on any atom is -0.494 e. The number of hydrogen-bond acceptors (Lipinski definition) is 7. The van der Waals surface area contributed by atoms with Gasteiger partial charge in [0.05, 0.1) is 12.2 Å². The van der Waals surface area contributed by atoms with Crippen molar-refractivity contribution in [1.29, 1.82) is 0 Å². The number of thioether (sulfide) groups is 1. The first kappa shape index (κ1) is 22.9. The lowest BCUT2D eigenvalue weighted by Gasteiger charge is -2.28. The topological polar surface area (TPSA) is 78.3 Å². The summed E-state index contributed by atoms with van der Waals surface area (Å²) in [5.74, 6) is 1.83. The van der Waals surface area contributed by atoms with Crippen LogP contribution in [-0.4, -0.2) is 33.1 Å². The Morgan fingerprint density at radius 3 is 2.73 bits per heavy atom. The van der Waals surface area contributed by atoms with Crippen LogP contribution in [0.4, 0.5) is 5.95 Å². The monoisotopic (exact) mass is 464 g/mol. The molecule has 7 nitrogen and oxygen atoms in total. The fourth-order valence-electron chi connectivity index (χ4n) is 3.69. The molecule has 1 aliphatic rings. The Labute approximate surface area is 198 Å². The summed E-state index contributed by atoms with van der Waals surface area (Å²) in [5, 5.41) is 8.60. The first-order valence-electron chi connectivity index (χ1n) is 11.1. The van der Waals surface area contributed by atoms with Crippen LogP contribution in [0.1, 0.15) is 44.4 Å². The molecule has 0 bridgehead atoms. The summed E-state index contributed by atoms with van der Waals surface area (Å²) in [6.45, 7) is 6.82. The van der Waals surface area contributed by atoms with Crippen LogP contribution >= 0.6 is 11.8 Å². The molecule has 0 aliphatic carbocycles. The van der Waals surface area contributed by atoms with Crippen LogP contribution in [0.5, 0.6) is 5.75 Å². The second-order valence-electron chi connectivity index (χ2n) is 7.64. The lowest BCUT2D eigenvalue weighted by Crippen LogP contribution is -2.29. The zero-order chi connectivity index (χ0) is 23.2. The molecular weight excluding hydrogens is 436 g/mol. The highest BCUT2D eigenvalue weighted by molar-refractivity contribution is 7.99. The third-order valence-corrected chi connectivity index (χ3v) is 5.91. The molecule has 172 valence electrons. The lowest BCUT2D eigenvalue weighted by atomic mass is 9.95. The Morgan fingerprint density at radius 2 is 1.97 bits per heavy atom. The molecule has 4 rings (SSSR count). The van der Waals surface area contributed by atoms with Crippen molar-refractivity contribution in [3.8, 4) is 5.75 Å². The molecule has 8 heteroatoms. The number of ether oxygens (including phenoxy) is 2. The second kappa shape index (κ2) is 10.6. The lowest BCUT2D eigenvalue weighted by molar-refractivity contribution is -0.140. The highest BCUT2D eigenvalue weighted by Crippen LogP contribution is 2.37. The van der Waals surface area contributed by atoms with Gasteiger partial charge in [0.25, 0.3) is 0 Å². The number of carbonyl (C=O) groups excluding carboxylic acids is 1. The van der Waals surface area contributed by atoms with Crippen LogP contribution < -0.4 is 10.1 Å². The number of carbonyl (C=O) groups is 1. The van der Waals surface area contributed by atoms with Crippen LogP contribution in [0, 0.1) is 0 Å². The summed E-state index contributed by atoms with van der Waals surface area (Å²) >= 11 is 1.56. The van der Waals surface area contributed by atoms with E-state index in [1.54, 1.807) is 16.4 Å². The molecule has 0 amide bonds. The van der Waals surface area contributed by atoms with Gasteiger partial charge in [-0.05, 0) is 42.4 Å². The number of aromatic nitrogens is 3. The number of allylic oxidation sites excluding steroid dienone is 1. The number of rotatable bonds is 9. The van der Waals surface area contributed by atoms with Crippen LogP contribution in [0.25, 0.3) is 0 Å². The van der Waals surface area contributed by atoms with Crippen molar-refractivity contribution >= 4 is 23.7 Å². The van der Waals surface area contributed by atoms with Gasteiger partial charge in [0, 0.05) is 5.70 Å². The first-order chi connectivity index (χ1) is 16.1. The molecule has 0 saturated heterocycles. The van der Waals surface area contributed by atoms with E-state index in [4.69, 9.17) is 14.6 Å². The summed E-state index contributed by atoms with van der Waals surface area (Å²) in [5.41, 5.74) is 3.02. The summed E-state index contributed by atoms with van der Waals surface area (Å²) in [6, 6.07) is 17.0. The molecule has 2 heterocycles. The number of anilines is 1. The Hall–Kier alpha value is -3.26. The smallest absolute Gasteiger partial charge is 0.338 e. The van der Waals surface area contributed by atoms with Gasteiger partial charge in [-0.3, -0.25) is 0 Å². The Bertz CT molecular complexity index is 1140. The standard InChI is InChI=1S/C25H28N4O3S/c1-4-14-31-20-13-9-12-19(15-20)22-21(23(30)32-16-18-10-7-6-8-11-18)17(3)26-24-27-25(33-5-2)28-29(22)24/h6-13,15,22H,4-5,14,16H2,1-3H3,(H,26,27,28). The van der Waals surface area contributed by atoms with Gasteiger partial charge in [-0.25, -0.2) is 9.48 Å². The molecule has 0 spiro atoms. The summed E-state index contributed by atoms with van der Waals surface area (Å²) in [4.78, 5) is 18.0. The number of nitrogens with one attached hydrogen (secondary N) is 1. The average molecular weight is 465 g/mol. The zero-order valence-electron chi connectivity index (χ0n) is 19.1. The van der Waals surface area contributed by atoms with E-state index < -0.39 is 6.04 Å². The van der Waals surface area contributed by atoms with E-state index in [0.717, 1.165) is 29.1 Å². The molecule has 1 unspecified atom stereocenters. The maximum absolute atomic E-state index is 13.3. The quantitative estimate of drug-likeness (QED) is 0.344. The minimum atomic E-state index is -0.478. The molecule has 1 atom stereocenters. The van der Waals surface area contributed by atoms with Gasteiger partial charge in [-0.2, -0.15) is 4.98 Å². The van der Waals surface area contributed by atoms with E-state index in [1.807, 2.05) is 61.5 Å². The predicted octanol–water partition coefficient (Wildman–Crippen LogP) is 5.21. The van der Waals surface area contributed by atoms with Crippen LogP contribution in [0.2, 0.25) is 0 Å². The van der Waals surface area contributed by atoms with E-state index in [0.29, 0.717) is 29.0 Å².